The minimum Gasteiger partial charge on any atom is -0.461 e. The summed E-state index contributed by atoms with van der Waals surface area (Å²) in [6.45, 7) is 2.65. The molecule has 0 unspecified atom stereocenters. The van der Waals surface area contributed by atoms with E-state index in [2.05, 4.69) is 6.92 Å². The van der Waals surface area contributed by atoms with E-state index in [0.29, 0.717) is 13.0 Å². The Kier molecular flexibility index (Phi) is 10.5. The normalized spacial score (nSPS) is 10.5. The average molecular weight is 290 g/mol. The number of carbonyl (C=O) groups is 1. The topological polar surface area (TPSA) is 26.3 Å². The van der Waals surface area contributed by atoms with Gasteiger partial charge in [0.25, 0.3) is 0 Å². The number of rotatable bonds is 12. The molecule has 0 radical (unpaired) electrons. The van der Waals surface area contributed by atoms with Crippen LogP contribution in [0.1, 0.15) is 76.7 Å². The Hall–Kier alpha value is -1.31. The quantitative estimate of drug-likeness (QED) is 0.367. The molecular weight excluding hydrogens is 260 g/mol. The molecule has 2 nitrogen and oxygen atoms in total. The first kappa shape index (κ1) is 17.7. The summed E-state index contributed by atoms with van der Waals surface area (Å²) >= 11 is 0. The predicted molar refractivity (Wildman–Crippen MR) is 88.1 cm³/mol. The average Bonchev–Trinajstić information content (AvgIpc) is 2.52. The minimum absolute atomic E-state index is 0.0678. The molecule has 0 aliphatic rings. The van der Waals surface area contributed by atoms with Crippen LogP contribution in [-0.4, -0.2) is 5.97 Å². The second-order valence-electron chi connectivity index (χ2n) is 5.72. The molecule has 0 amide bonds. The van der Waals surface area contributed by atoms with E-state index in [9.17, 15) is 4.79 Å². The molecular formula is C19H30O2. The molecule has 0 aliphatic heterocycles. The van der Waals surface area contributed by atoms with Crippen molar-refractivity contribution in [1.82, 2.24) is 0 Å². The summed E-state index contributed by atoms with van der Waals surface area (Å²) in [6, 6.07) is 9.85. The molecule has 0 heterocycles. The maximum absolute atomic E-state index is 11.6. The van der Waals surface area contributed by atoms with Crippen LogP contribution in [0.3, 0.4) is 0 Å². The lowest BCUT2D eigenvalue weighted by molar-refractivity contribution is -0.145. The van der Waals surface area contributed by atoms with E-state index >= 15 is 0 Å². The lowest BCUT2D eigenvalue weighted by Crippen LogP contribution is -2.04. The van der Waals surface area contributed by atoms with Crippen LogP contribution in [-0.2, 0) is 16.1 Å². The van der Waals surface area contributed by atoms with Crippen LogP contribution >= 0.6 is 0 Å². The molecule has 0 spiro atoms. The van der Waals surface area contributed by atoms with Gasteiger partial charge in [-0.15, -0.1) is 0 Å². The van der Waals surface area contributed by atoms with Crippen LogP contribution in [0, 0.1) is 0 Å². The Bertz CT molecular complexity index is 359. The number of benzene rings is 1. The summed E-state index contributed by atoms with van der Waals surface area (Å²) in [5.74, 6) is -0.0678. The van der Waals surface area contributed by atoms with E-state index in [0.717, 1.165) is 18.4 Å². The first-order valence-electron chi connectivity index (χ1n) is 8.52. The highest BCUT2D eigenvalue weighted by Gasteiger charge is 2.03. The smallest absolute Gasteiger partial charge is 0.306 e. The van der Waals surface area contributed by atoms with Gasteiger partial charge in [-0.05, 0) is 12.0 Å². The molecule has 21 heavy (non-hydrogen) atoms. The van der Waals surface area contributed by atoms with Crippen LogP contribution in [0.15, 0.2) is 30.3 Å². The number of hydrogen-bond donors (Lipinski definition) is 0. The fourth-order valence-corrected chi connectivity index (χ4v) is 2.39. The summed E-state index contributed by atoms with van der Waals surface area (Å²) in [4.78, 5) is 11.6. The minimum atomic E-state index is -0.0678. The Labute approximate surface area is 129 Å². The molecule has 2 heteroatoms. The van der Waals surface area contributed by atoms with Gasteiger partial charge in [-0.25, -0.2) is 0 Å². The van der Waals surface area contributed by atoms with Crippen molar-refractivity contribution < 1.29 is 9.53 Å². The van der Waals surface area contributed by atoms with Gasteiger partial charge in [0, 0.05) is 6.42 Å². The molecule has 0 aromatic heterocycles. The molecule has 0 bridgehead atoms. The molecule has 1 aromatic carbocycles. The molecule has 1 rings (SSSR count). The van der Waals surface area contributed by atoms with Gasteiger partial charge >= 0.3 is 5.97 Å². The van der Waals surface area contributed by atoms with Gasteiger partial charge in [0.2, 0.25) is 0 Å². The molecule has 0 saturated carbocycles. The van der Waals surface area contributed by atoms with Gasteiger partial charge in [0.1, 0.15) is 6.61 Å². The highest BCUT2D eigenvalue weighted by molar-refractivity contribution is 5.69. The fraction of sp³-hybridized carbons (Fsp3) is 0.632. The second kappa shape index (κ2) is 12.4. The molecule has 0 aliphatic carbocycles. The van der Waals surface area contributed by atoms with Crippen molar-refractivity contribution in [2.75, 3.05) is 0 Å². The first-order chi connectivity index (χ1) is 10.3. The lowest BCUT2D eigenvalue weighted by Gasteiger charge is -2.05. The third-order valence-corrected chi connectivity index (χ3v) is 3.73. The summed E-state index contributed by atoms with van der Waals surface area (Å²) < 4.78 is 5.26. The largest absolute Gasteiger partial charge is 0.461 e. The lowest BCUT2D eigenvalue weighted by atomic mass is 10.1. The summed E-state index contributed by atoms with van der Waals surface area (Å²) in [5, 5.41) is 0. The van der Waals surface area contributed by atoms with Crippen LogP contribution in [0.2, 0.25) is 0 Å². The molecule has 0 N–H and O–H groups in total. The van der Waals surface area contributed by atoms with E-state index in [1.165, 1.54) is 44.9 Å². The van der Waals surface area contributed by atoms with Gasteiger partial charge in [-0.1, -0.05) is 88.6 Å². The number of hydrogen-bond acceptors (Lipinski definition) is 2. The van der Waals surface area contributed by atoms with Gasteiger partial charge < -0.3 is 4.74 Å². The van der Waals surface area contributed by atoms with E-state index in [1.807, 2.05) is 30.3 Å². The van der Waals surface area contributed by atoms with Gasteiger partial charge in [0.05, 0.1) is 0 Å². The molecule has 0 atom stereocenters. The molecule has 0 fully saturated rings. The number of unbranched alkanes of at least 4 members (excludes halogenated alkanes) is 8. The van der Waals surface area contributed by atoms with Gasteiger partial charge in [0.15, 0.2) is 0 Å². The fourth-order valence-electron chi connectivity index (χ4n) is 2.39. The summed E-state index contributed by atoms with van der Waals surface area (Å²) in [7, 11) is 0. The zero-order valence-electron chi connectivity index (χ0n) is 13.5. The third kappa shape index (κ3) is 10.1. The maximum Gasteiger partial charge on any atom is 0.306 e. The predicted octanol–water partition coefficient (Wildman–Crippen LogP) is 5.65. The molecule has 118 valence electrons. The zero-order chi connectivity index (χ0) is 15.2. The van der Waals surface area contributed by atoms with Gasteiger partial charge in [-0.3, -0.25) is 4.79 Å². The second-order valence-corrected chi connectivity index (χ2v) is 5.72. The Balaban J connectivity index is 1.89. The van der Waals surface area contributed by atoms with E-state index in [4.69, 9.17) is 4.74 Å². The van der Waals surface area contributed by atoms with Crippen molar-refractivity contribution in [2.24, 2.45) is 0 Å². The van der Waals surface area contributed by atoms with Crippen molar-refractivity contribution in [2.45, 2.75) is 77.7 Å². The van der Waals surface area contributed by atoms with Crippen molar-refractivity contribution in [1.29, 1.82) is 0 Å². The Morgan fingerprint density at radius 3 is 2.05 bits per heavy atom. The Morgan fingerprint density at radius 2 is 1.43 bits per heavy atom. The van der Waals surface area contributed by atoms with E-state index < -0.39 is 0 Å². The number of esters is 1. The standard InChI is InChI=1S/C19H30O2/c1-2-3-4-5-6-7-8-9-13-16-19(20)21-17-18-14-11-10-12-15-18/h10-12,14-15H,2-9,13,16-17H2,1H3. The maximum atomic E-state index is 11.6. The SMILES string of the molecule is CCCCCCCCCCCC(=O)OCc1ccccc1. The van der Waals surface area contributed by atoms with Crippen LogP contribution in [0.5, 0.6) is 0 Å². The first-order valence-corrected chi connectivity index (χ1v) is 8.52. The van der Waals surface area contributed by atoms with Crippen molar-refractivity contribution in [3.8, 4) is 0 Å². The van der Waals surface area contributed by atoms with Gasteiger partial charge in [-0.2, -0.15) is 0 Å². The van der Waals surface area contributed by atoms with Crippen LogP contribution in [0.25, 0.3) is 0 Å². The number of ether oxygens (including phenoxy) is 1. The van der Waals surface area contributed by atoms with Crippen LogP contribution < -0.4 is 0 Å². The number of carbonyl (C=O) groups excluding carboxylic acids is 1. The monoisotopic (exact) mass is 290 g/mol. The van der Waals surface area contributed by atoms with Crippen molar-refractivity contribution in [3.63, 3.8) is 0 Å². The van der Waals surface area contributed by atoms with Crippen LogP contribution in [0.4, 0.5) is 0 Å². The highest BCUT2D eigenvalue weighted by atomic mass is 16.5. The van der Waals surface area contributed by atoms with E-state index in [1.54, 1.807) is 0 Å². The molecule has 0 saturated heterocycles. The molecule has 1 aromatic rings. The third-order valence-electron chi connectivity index (χ3n) is 3.73. The zero-order valence-corrected chi connectivity index (χ0v) is 13.5. The highest BCUT2D eigenvalue weighted by Crippen LogP contribution is 2.11. The summed E-state index contributed by atoms with van der Waals surface area (Å²) in [5.41, 5.74) is 1.05. The van der Waals surface area contributed by atoms with Crippen molar-refractivity contribution >= 4 is 5.97 Å². The van der Waals surface area contributed by atoms with E-state index in [-0.39, 0.29) is 5.97 Å². The Morgan fingerprint density at radius 1 is 0.857 bits per heavy atom. The van der Waals surface area contributed by atoms with Crippen molar-refractivity contribution in [3.05, 3.63) is 35.9 Å². The summed E-state index contributed by atoms with van der Waals surface area (Å²) in [6.07, 6.45) is 12.0.